The summed E-state index contributed by atoms with van der Waals surface area (Å²) >= 11 is 6.10. The number of aromatic nitrogens is 2. The maximum atomic E-state index is 6.10. The fourth-order valence-electron chi connectivity index (χ4n) is 1.70. The van der Waals surface area contributed by atoms with Crippen LogP contribution >= 0.6 is 11.6 Å². The van der Waals surface area contributed by atoms with Crippen molar-refractivity contribution in [3.63, 3.8) is 0 Å². The van der Waals surface area contributed by atoms with Gasteiger partial charge in [-0.05, 0) is 44.5 Å². The van der Waals surface area contributed by atoms with Crippen molar-refractivity contribution in [3.8, 4) is 11.5 Å². The number of rotatable bonds is 5. The molecular weight excluding hydrogens is 262 g/mol. The van der Waals surface area contributed by atoms with Gasteiger partial charge in [-0.2, -0.15) is 0 Å². The molecule has 0 bridgehead atoms. The predicted octanol–water partition coefficient (Wildman–Crippen LogP) is 3.76. The van der Waals surface area contributed by atoms with Gasteiger partial charge in [0, 0.05) is 10.6 Å². The summed E-state index contributed by atoms with van der Waals surface area (Å²) in [7, 11) is 0. The fourth-order valence-corrected chi connectivity index (χ4v) is 1.88. The summed E-state index contributed by atoms with van der Waals surface area (Å²) < 4.78 is 5.68. The van der Waals surface area contributed by atoms with Crippen molar-refractivity contribution in [1.82, 2.24) is 15.5 Å². The monoisotopic (exact) mass is 279 g/mol. The minimum atomic E-state index is 0.0575. The lowest BCUT2D eigenvalue weighted by molar-refractivity contribution is 0.423. The van der Waals surface area contributed by atoms with Crippen molar-refractivity contribution >= 4 is 11.6 Å². The lowest BCUT2D eigenvalue weighted by atomic mass is 10.1. The molecule has 0 spiro atoms. The summed E-state index contributed by atoms with van der Waals surface area (Å²) in [5, 5.41) is 12.2. The van der Waals surface area contributed by atoms with Crippen LogP contribution in [0.3, 0.4) is 0 Å². The Bertz CT molecular complexity index is 553. The van der Waals surface area contributed by atoms with Crippen molar-refractivity contribution < 1.29 is 4.42 Å². The maximum Gasteiger partial charge on any atom is 0.247 e. The molecule has 2 aromatic rings. The number of nitrogens with one attached hydrogen (secondary N) is 1. The fraction of sp³-hybridized carbons (Fsp3) is 0.429. The Hall–Kier alpha value is -1.39. The van der Waals surface area contributed by atoms with Gasteiger partial charge in [0.1, 0.15) is 0 Å². The van der Waals surface area contributed by atoms with Crippen molar-refractivity contribution in [2.75, 3.05) is 6.54 Å². The molecule has 0 amide bonds. The van der Waals surface area contributed by atoms with Gasteiger partial charge in [0.2, 0.25) is 11.8 Å². The Morgan fingerprint density at radius 3 is 2.84 bits per heavy atom. The van der Waals surface area contributed by atoms with Gasteiger partial charge in [0.25, 0.3) is 0 Å². The molecular formula is C14H18ClN3O. The summed E-state index contributed by atoms with van der Waals surface area (Å²) in [6.45, 7) is 7.01. The van der Waals surface area contributed by atoms with E-state index in [9.17, 15) is 0 Å². The van der Waals surface area contributed by atoms with Crippen LogP contribution in [0.2, 0.25) is 5.02 Å². The van der Waals surface area contributed by atoms with Gasteiger partial charge in [-0.25, -0.2) is 0 Å². The molecule has 19 heavy (non-hydrogen) atoms. The van der Waals surface area contributed by atoms with Gasteiger partial charge in [-0.1, -0.05) is 24.6 Å². The highest BCUT2D eigenvalue weighted by atomic mass is 35.5. The van der Waals surface area contributed by atoms with E-state index in [1.807, 2.05) is 32.0 Å². The highest BCUT2D eigenvalue weighted by Crippen LogP contribution is 2.25. The van der Waals surface area contributed by atoms with Crippen LogP contribution in [0.5, 0.6) is 0 Å². The molecule has 1 aromatic heterocycles. The average Bonchev–Trinajstić information content (AvgIpc) is 2.89. The Morgan fingerprint density at radius 2 is 2.16 bits per heavy atom. The van der Waals surface area contributed by atoms with Crippen molar-refractivity contribution in [2.24, 2.45) is 0 Å². The molecule has 1 aromatic carbocycles. The van der Waals surface area contributed by atoms with Crippen molar-refractivity contribution in [1.29, 1.82) is 0 Å². The molecule has 4 nitrogen and oxygen atoms in total. The number of benzene rings is 1. The molecule has 1 heterocycles. The average molecular weight is 280 g/mol. The summed E-state index contributed by atoms with van der Waals surface area (Å²) in [6.07, 6.45) is 1.07. The zero-order valence-electron chi connectivity index (χ0n) is 11.4. The molecule has 0 saturated heterocycles. The van der Waals surface area contributed by atoms with Crippen LogP contribution in [0.1, 0.15) is 37.8 Å². The first-order chi connectivity index (χ1) is 9.11. The van der Waals surface area contributed by atoms with E-state index in [1.165, 1.54) is 0 Å². The molecule has 0 saturated carbocycles. The lowest BCUT2D eigenvalue weighted by Crippen LogP contribution is -2.19. The third kappa shape index (κ3) is 3.33. The summed E-state index contributed by atoms with van der Waals surface area (Å²) in [5.41, 5.74) is 1.88. The smallest absolute Gasteiger partial charge is 0.247 e. The van der Waals surface area contributed by atoms with E-state index < -0.39 is 0 Å². The van der Waals surface area contributed by atoms with Crippen molar-refractivity contribution in [2.45, 2.75) is 33.2 Å². The molecule has 1 N–H and O–H groups in total. The Kier molecular flexibility index (Phi) is 4.56. The molecule has 0 radical (unpaired) electrons. The largest absolute Gasteiger partial charge is 0.419 e. The number of hydrogen-bond donors (Lipinski definition) is 1. The third-order valence-corrected chi connectivity index (χ3v) is 3.34. The van der Waals surface area contributed by atoms with Gasteiger partial charge in [-0.15, -0.1) is 10.2 Å². The molecule has 2 rings (SSSR count). The number of nitrogens with zero attached hydrogens (tertiary/aromatic N) is 2. The van der Waals surface area contributed by atoms with E-state index in [1.54, 1.807) is 0 Å². The minimum Gasteiger partial charge on any atom is -0.419 e. The Balaban J connectivity index is 2.18. The van der Waals surface area contributed by atoms with E-state index in [0.717, 1.165) is 24.1 Å². The van der Waals surface area contributed by atoms with E-state index in [0.29, 0.717) is 16.8 Å². The molecule has 1 atom stereocenters. The van der Waals surface area contributed by atoms with E-state index >= 15 is 0 Å². The minimum absolute atomic E-state index is 0.0575. The Labute approximate surface area is 118 Å². The third-order valence-electron chi connectivity index (χ3n) is 2.93. The van der Waals surface area contributed by atoms with E-state index in [2.05, 4.69) is 22.4 Å². The van der Waals surface area contributed by atoms with Crippen LogP contribution in [0.25, 0.3) is 11.5 Å². The second-order valence-electron chi connectivity index (χ2n) is 4.59. The molecule has 1 unspecified atom stereocenters. The maximum absolute atomic E-state index is 6.10. The molecule has 5 heteroatoms. The SMILES string of the molecule is CCCNC(C)c1nnc(-c2ccc(C)c(Cl)c2)o1. The number of halogens is 1. The molecule has 0 aliphatic heterocycles. The lowest BCUT2D eigenvalue weighted by Gasteiger charge is -2.07. The highest BCUT2D eigenvalue weighted by molar-refractivity contribution is 6.31. The van der Waals surface area contributed by atoms with Crippen LogP contribution in [-0.4, -0.2) is 16.7 Å². The first-order valence-corrected chi connectivity index (χ1v) is 6.83. The Morgan fingerprint density at radius 1 is 1.37 bits per heavy atom. The first kappa shape index (κ1) is 14.0. The number of aryl methyl sites for hydroxylation is 1. The van der Waals surface area contributed by atoms with Gasteiger partial charge in [0.15, 0.2) is 0 Å². The predicted molar refractivity (Wildman–Crippen MR) is 76.2 cm³/mol. The van der Waals surface area contributed by atoms with Crippen LogP contribution < -0.4 is 5.32 Å². The summed E-state index contributed by atoms with van der Waals surface area (Å²) in [5.74, 6) is 1.10. The first-order valence-electron chi connectivity index (χ1n) is 6.45. The number of hydrogen-bond acceptors (Lipinski definition) is 4. The standard InChI is InChI=1S/C14H18ClN3O/c1-4-7-16-10(3)13-17-18-14(19-13)11-6-5-9(2)12(15)8-11/h5-6,8,10,16H,4,7H2,1-3H3. The zero-order valence-corrected chi connectivity index (χ0v) is 12.2. The summed E-state index contributed by atoms with van der Waals surface area (Å²) in [4.78, 5) is 0. The molecule has 0 fully saturated rings. The normalized spacial score (nSPS) is 12.6. The van der Waals surface area contributed by atoms with Crippen LogP contribution in [-0.2, 0) is 0 Å². The second-order valence-corrected chi connectivity index (χ2v) is 4.99. The summed E-state index contributed by atoms with van der Waals surface area (Å²) in [6, 6.07) is 5.78. The van der Waals surface area contributed by atoms with Crippen LogP contribution in [0, 0.1) is 6.92 Å². The van der Waals surface area contributed by atoms with E-state index in [4.69, 9.17) is 16.0 Å². The quantitative estimate of drug-likeness (QED) is 0.905. The van der Waals surface area contributed by atoms with Gasteiger partial charge in [-0.3, -0.25) is 0 Å². The zero-order chi connectivity index (χ0) is 13.8. The molecule has 102 valence electrons. The molecule has 0 aliphatic rings. The van der Waals surface area contributed by atoms with Gasteiger partial charge in [0.05, 0.1) is 6.04 Å². The molecule has 0 aliphatic carbocycles. The van der Waals surface area contributed by atoms with E-state index in [-0.39, 0.29) is 6.04 Å². The van der Waals surface area contributed by atoms with Gasteiger partial charge >= 0.3 is 0 Å². The van der Waals surface area contributed by atoms with Crippen LogP contribution in [0.4, 0.5) is 0 Å². The topological polar surface area (TPSA) is 51.0 Å². The van der Waals surface area contributed by atoms with Gasteiger partial charge < -0.3 is 9.73 Å². The highest BCUT2D eigenvalue weighted by Gasteiger charge is 2.14. The van der Waals surface area contributed by atoms with Crippen molar-refractivity contribution in [3.05, 3.63) is 34.7 Å². The second kappa shape index (κ2) is 6.17. The van der Waals surface area contributed by atoms with Crippen LogP contribution in [0.15, 0.2) is 22.6 Å².